The van der Waals surface area contributed by atoms with Gasteiger partial charge in [-0.1, -0.05) is 0 Å². The van der Waals surface area contributed by atoms with Gasteiger partial charge in [-0.15, -0.1) is 0 Å². The summed E-state index contributed by atoms with van der Waals surface area (Å²) in [5, 5.41) is 11.2. The number of benzene rings is 1. The average Bonchev–Trinajstić information content (AvgIpc) is 2.43. The second-order valence-corrected chi connectivity index (χ2v) is 4.25. The van der Waals surface area contributed by atoms with E-state index < -0.39 is 23.7 Å². The number of nitrogens with zero attached hydrogens (tertiary/aromatic N) is 1. The molecule has 1 amide bonds. The van der Waals surface area contributed by atoms with E-state index in [1.807, 2.05) is 0 Å². The van der Waals surface area contributed by atoms with Gasteiger partial charge in [0.05, 0.1) is 22.9 Å². The maximum Gasteiger partial charge on any atom is 0.416 e. The molecule has 1 atom stereocenters. The lowest BCUT2D eigenvalue weighted by Gasteiger charge is -2.14. The van der Waals surface area contributed by atoms with Crippen LogP contribution in [0, 0.1) is 11.3 Å². The second kappa shape index (κ2) is 7.06. The number of amides is 1. The van der Waals surface area contributed by atoms with Crippen molar-refractivity contribution in [2.45, 2.75) is 18.6 Å². The van der Waals surface area contributed by atoms with Crippen molar-refractivity contribution in [2.24, 2.45) is 5.73 Å². The first-order chi connectivity index (χ1) is 9.79. The number of alkyl halides is 3. The standard InChI is InChI=1S/C13H14F3N3O2/c1-21-5-4-10(18)12(20)19-11-3-2-9(13(14,15)16)6-8(11)7-17/h2-3,6,10H,4-5,18H2,1H3,(H,19,20). The first-order valence-electron chi connectivity index (χ1n) is 5.96. The number of nitrogens with one attached hydrogen (secondary N) is 1. The van der Waals surface area contributed by atoms with Crippen LogP contribution >= 0.6 is 0 Å². The van der Waals surface area contributed by atoms with Gasteiger partial charge < -0.3 is 15.8 Å². The van der Waals surface area contributed by atoms with E-state index in [2.05, 4.69) is 5.32 Å². The number of nitrogens with two attached hydrogens (primary N) is 1. The Morgan fingerprint density at radius 3 is 2.71 bits per heavy atom. The van der Waals surface area contributed by atoms with E-state index in [0.29, 0.717) is 6.07 Å². The van der Waals surface area contributed by atoms with E-state index in [1.165, 1.54) is 7.11 Å². The Labute approximate surface area is 119 Å². The minimum Gasteiger partial charge on any atom is -0.385 e. The van der Waals surface area contributed by atoms with Crippen LogP contribution in [0.3, 0.4) is 0 Å². The topological polar surface area (TPSA) is 88.1 Å². The molecule has 0 spiro atoms. The van der Waals surface area contributed by atoms with Crippen LogP contribution in [0.4, 0.5) is 18.9 Å². The minimum atomic E-state index is -4.55. The highest BCUT2D eigenvalue weighted by molar-refractivity contribution is 5.95. The fraction of sp³-hybridized carbons (Fsp3) is 0.385. The molecule has 0 radical (unpaired) electrons. The van der Waals surface area contributed by atoms with Crippen LogP contribution in [0.2, 0.25) is 0 Å². The molecule has 0 bridgehead atoms. The van der Waals surface area contributed by atoms with Gasteiger partial charge in [-0.25, -0.2) is 0 Å². The molecule has 0 aliphatic carbocycles. The highest BCUT2D eigenvalue weighted by Gasteiger charge is 2.31. The molecule has 1 aromatic carbocycles. The van der Waals surface area contributed by atoms with Crippen LogP contribution in [0.5, 0.6) is 0 Å². The third-order valence-corrected chi connectivity index (χ3v) is 2.69. The predicted octanol–water partition coefficient (Wildman–Crippen LogP) is 1.88. The minimum absolute atomic E-state index is 0.0108. The largest absolute Gasteiger partial charge is 0.416 e. The summed E-state index contributed by atoms with van der Waals surface area (Å²) in [6.45, 7) is 0.271. The summed E-state index contributed by atoms with van der Waals surface area (Å²) in [5.74, 6) is -0.594. The second-order valence-electron chi connectivity index (χ2n) is 4.25. The Morgan fingerprint density at radius 2 is 2.19 bits per heavy atom. The van der Waals surface area contributed by atoms with Crippen LogP contribution < -0.4 is 11.1 Å². The number of rotatable bonds is 5. The Balaban J connectivity index is 2.90. The maximum absolute atomic E-state index is 12.5. The molecule has 5 nitrogen and oxygen atoms in total. The van der Waals surface area contributed by atoms with Crippen LogP contribution in [0.15, 0.2) is 18.2 Å². The maximum atomic E-state index is 12.5. The van der Waals surface area contributed by atoms with E-state index >= 15 is 0 Å². The predicted molar refractivity (Wildman–Crippen MR) is 69.3 cm³/mol. The van der Waals surface area contributed by atoms with Gasteiger partial charge in [0, 0.05) is 13.7 Å². The zero-order valence-corrected chi connectivity index (χ0v) is 11.2. The first kappa shape index (κ1) is 16.9. The van der Waals surface area contributed by atoms with Gasteiger partial charge >= 0.3 is 6.18 Å². The van der Waals surface area contributed by atoms with E-state index in [9.17, 15) is 18.0 Å². The van der Waals surface area contributed by atoms with Crippen molar-refractivity contribution < 1.29 is 22.7 Å². The molecule has 0 saturated heterocycles. The van der Waals surface area contributed by atoms with Crippen molar-refractivity contribution in [3.05, 3.63) is 29.3 Å². The van der Waals surface area contributed by atoms with Crippen LogP contribution in [0.25, 0.3) is 0 Å². The number of hydrogen-bond acceptors (Lipinski definition) is 4. The highest BCUT2D eigenvalue weighted by atomic mass is 19.4. The van der Waals surface area contributed by atoms with E-state index in [-0.39, 0.29) is 24.3 Å². The number of carbonyl (C=O) groups excluding carboxylic acids is 1. The summed E-state index contributed by atoms with van der Waals surface area (Å²) in [7, 11) is 1.45. The van der Waals surface area contributed by atoms with Gasteiger partial charge in [0.2, 0.25) is 5.91 Å². The number of halogens is 3. The summed E-state index contributed by atoms with van der Waals surface area (Å²) >= 11 is 0. The SMILES string of the molecule is COCCC(N)C(=O)Nc1ccc(C(F)(F)F)cc1C#N. The smallest absolute Gasteiger partial charge is 0.385 e. The summed E-state index contributed by atoms with van der Waals surface area (Å²) < 4.78 is 42.4. The first-order valence-corrected chi connectivity index (χ1v) is 5.96. The molecule has 0 aliphatic heterocycles. The fourth-order valence-corrected chi connectivity index (χ4v) is 1.52. The third-order valence-electron chi connectivity index (χ3n) is 2.69. The van der Waals surface area contributed by atoms with E-state index in [4.69, 9.17) is 15.7 Å². The summed E-state index contributed by atoms with van der Waals surface area (Å²) in [5.41, 5.74) is 4.34. The Bertz CT molecular complexity index is 553. The number of nitriles is 1. The Hall–Kier alpha value is -2.11. The monoisotopic (exact) mass is 301 g/mol. The van der Waals surface area contributed by atoms with Crippen molar-refractivity contribution in [2.75, 3.05) is 19.0 Å². The van der Waals surface area contributed by atoms with Crippen molar-refractivity contribution in [3.8, 4) is 6.07 Å². The summed E-state index contributed by atoms with van der Waals surface area (Å²) in [6, 6.07) is 3.23. The van der Waals surface area contributed by atoms with Crippen molar-refractivity contribution in [3.63, 3.8) is 0 Å². The lowest BCUT2D eigenvalue weighted by Crippen LogP contribution is -2.36. The molecule has 0 heterocycles. The van der Waals surface area contributed by atoms with Crippen molar-refractivity contribution in [1.82, 2.24) is 0 Å². The van der Waals surface area contributed by atoms with Crippen LogP contribution in [0.1, 0.15) is 17.5 Å². The van der Waals surface area contributed by atoms with E-state index in [1.54, 1.807) is 6.07 Å². The zero-order chi connectivity index (χ0) is 16.0. The molecule has 0 aromatic heterocycles. The van der Waals surface area contributed by atoms with Crippen molar-refractivity contribution >= 4 is 11.6 Å². The lowest BCUT2D eigenvalue weighted by molar-refractivity contribution is -0.137. The third kappa shape index (κ3) is 4.73. The van der Waals surface area contributed by atoms with Gasteiger partial charge in [-0.3, -0.25) is 4.79 Å². The molecule has 1 rings (SSSR count). The molecule has 3 N–H and O–H groups in total. The molecule has 1 aromatic rings. The van der Waals surface area contributed by atoms with Gasteiger partial charge in [0.25, 0.3) is 0 Å². The molecule has 21 heavy (non-hydrogen) atoms. The Morgan fingerprint density at radius 1 is 1.52 bits per heavy atom. The number of anilines is 1. The van der Waals surface area contributed by atoms with Gasteiger partial charge in [0.1, 0.15) is 6.07 Å². The van der Waals surface area contributed by atoms with Gasteiger partial charge in [0.15, 0.2) is 0 Å². The molecular formula is C13H14F3N3O2. The lowest BCUT2D eigenvalue weighted by atomic mass is 10.1. The fourth-order valence-electron chi connectivity index (χ4n) is 1.52. The molecule has 1 unspecified atom stereocenters. The number of hydrogen-bond donors (Lipinski definition) is 2. The van der Waals surface area contributed by atoms with E-state index in [0.717, 1.165) is 12.1 Å². The normalized spacial score (nSPS) is 12.6. The quantitative estimate of drug-likeness (QED) is 0.869. The number of methoxy groups -OCH3 is 1. The van der Waals surface area contributed by atoms with Gasteiger partial charge in [-0.2, -0.15) is 18.4 Å². The molecule has 8 heteroatoms. The summed E-state index contributed by atoms with van der Waals surface area (Å²) in [4.78, 5) is 11.7. The number of carbonyl (C=O) groups is 1. The van der Waals surface area contributed by atoms with Gasteiger partial charge in [-0.05, 0) is 24.6 Å². The van der Waals surface area contributed by atoms with Crippen LogP contribution in [-0.2, 0) is 15.7 Å². The Kier molecular flexibility index (Phi) is 5.69. The molecule has 0 aliphatic rings. The molecule has 0 saturated carbocycles. The number of ether oxygens (including phenoxy) is 1. The van der Waals surface area contributed by atoms with Crippen LogP contribution in [-0.4, -0.2) is 25.7 Å². The summed E-state index contributed by atoms with van der Waals surface area (Å²) in [6.07, 6.45) is -4.30. The van der Waals surface area contributed by atoms with Crippen molar-refractivity contribution in [1.29, 1.82) is 5.26 Å². The molecule has 0 fully saturated rings. The molecular weight excluding hydrogens is 287 g/mol. The average molecular weight is 301 g/mol. The highest BCUT2D eigenvalue weighted by Crippen LogP contribution is 2.31. The molecule has 114 valence electrons. The zero-order valence-electron chi connectivity index (χ0n) is 11.2.